The largest absolute Gasteiger partial charge is 0.368 e. The minimum Gasteiger partial charge on any atom is -0.368 e. The molecule has 0 atom stereocenters. The Bertz CT molecular complexity index is 698. The molecule has 0 saturated carbocycles. The number of anilines is 1. The van der Waals surface area contributed by atoms with Crippen LogP contribution >= 0.6 is 0 Å². The van der Waals surface area contributed by atoms with Gasteiger partial charge in [-0.2, -0.15) is 5.10 Å². The summed E-state index contributed by atoms with van der Waals surface area (Å²) in [5, 5.41) is 7.13. The number of aromatic nitrogens is 4. The monoisotopic (exact) mass is 265 g/mol. The van der Waals surface area contributed by atoms with Gasteiger partial charge < -0.3 is 5.73 Å². The van der Waals surface area contributed by atoms with Crippen LogP contribution in [0.15, 0.2) is 42.6 Å². The first-order valence-corrected chi connectivity index (χ1v) is 6.40. The van der Waals surface area contributed by atoms with Crippen LogP contribution in [0.5, 0.6) is 0 Å². The van der Waals surface area contributed by atoms with Crippen molar-refractivity contribution in [1.82, 2.24) is 20.2 Å². The van der Waals surface area contributed by atoms with E-state index < -0.39 is 0 Å². The van der Waals surface area contributed by atoms with E-state index in [4.69, 9.17) is 5.73 Å². The molecule has 5 nitrogen and oxygen atoms in total. The summed E-state index contributed by atoms with van der Waals surface area (Å²) in [5.74, 6) is 0.278. The smallest absolute Gasteiger partial charge is 0.220 e. The lowest BCUT2D eigenvalue weighted by molar-refractivity contribution is 1.07. The summed E-state index contributed by atoms with van der Waals surface area (Å²) in [6.45, 7) is 1.90. The molecular formula is C15H15N5. The number of nitrogens with two attached hydrogens (primary N) is 1. The van der Waals surface area contributed by atoms with E-state index in [2.05, 4.69) is 32.3 Å². The number of aryl methyl sites for hydroxylation is 1. The van der Waals surface area contributed by atoms with Gasteiger partial charge in [0.1, 0.15) is 0 Å². The van der Waals surface area contributed by atoms with E-state index in [0.29, 0.717) is 0 Å². The Labute approximate surface area is 116 Å². The summed E-state index contributed by atoms with van der Waals surface area (Å²) in [7, 11) is 0. The zero-order valence-corrected chi connectivity index (χ0v) is 11.2. The van der Waals surface area contributed by atoms with Crippen LogP contribution in [0.1, 0.15) is 16.8 Å². The van der Waals surface area contributed by atoms with E-state index in [9.17, 15) is 0 Å². The van der Waals surface area contributed by atoms with E-state index >= 15 is 0 Å². The van der Waals surface area contributed by atoms with Gasteiger partial charge in [0, 0.05) is 17.7 Å². The lowest BCUT2D eigenvalue weighted by Gasteiger charge is -2.05. The summed E-state index contributed by atoms with van der Waals surface area (Å²) < 4.78 is 0. The number of H-pyrrole nitrogens is 1. The standard InChI is InChI=1S/C15H15N5/c1-10-7-13(19-15(16)18-10)14-12(9-17-20-14)8-11-5-3-2-4-6-11/h2-7,9H,8H2,1H3,(H,17,20)(H2,16,18,19). The van der Waals surface area contributed by atoms with Crippen molar-refractivity contribution in [2.45, 2.75) is 13.3 Å². The van der Waals surface area contributed by atoms with Crippen molar-refractivity contribution >= 4 is 5.95 Å². The van der Waals surface area contributed by atoms with E-state index in [-0.39, 0.29) is 5.95 Å². The van der Waals surface area contributed by atoms with Crippen molar-refractivity contribution in [2.24, 2.45) is 0 Å². The molecule has 0 radical (unpaired) electrons. The molecule has 0 aliphatic heterocycles. The Balaban J connectivity index is 1.98. The number of nitrogens with zero attached hydrogens (tertiary/aromatic N) is 3. The van der Waals surface area contributed by atoms with Gasteiger partial charge in [-0.3, -0.25) is 5.10 Å². The molecule has 0 amide bonds. The minimum atomic E-state index is 0.278. The van der Waals surface area contributed by atoms with E-state index in [1.165, 1.54) is 5.56 Å². The van der Waals surface area contributed by atoms with Crippen LogP contribution in [0.3, 0.4) is 0 Å². The third-order valence-electron chi connectivity index (χ3n) is 3.08. The number of hydrogen-bond acceptors (Lipinski definition) is 4. The summed E-state index contributed by atoms with van der Waals surface area (Å²) in [6.07, 6.45) is 2.63. The lowest BCUT2D eigenvalue weighted by Crippen LogP contribution is -1.99. The van der Waals surface area contributed by atoms with Gasteiger partial charge in [0.15, 0.2) is 0 Å². The number of rotatable bonds is 3. The predicted octanol–water partition coefficient (Wildman–Crippen LogP) is 2.35. The zero-order valence-electron chi connectivity index (χ0n) is 11.2. The zero-order chi connectivity index (χ0) is 13.9. The van der Waals surface area contributed by atoms with Crippen molar-refractivity contribution in [2.75, 3.05) is 5.73 Å². The van der Waals surface area contributed by atoms with Crippen LogP contribution in [-0.4, -0.2) is 20.2 Å². The van der Waals surface area contributed by atoms with E-state index in [0.717, 1.165) is 29.1 Å². The van der Waals surface area contributed by atoms with Crippen LogP contribution in [-0.2, 0) is 6.42 Å². The molecule has 20 heavy (non-hydrogen) atoms. The van der Waals surface area contributed by atoms with Gasteiger partial charge in [0.2, 0.25) is 5.95 Å². The second-order valence-corrected chi connectivity index (χ2v) is 4.69. The van der Waals surface area contributed by atoms with Gasteiger partial charge in [0.25, 0.3) is 0 Å². The topological polar surface area (TPSA) is 80.5 Å². The van der Waals surface area contributed by atoms with Gasteiger partial charge in [-0.05, 0) is 18.6 Å². The van der Waals surface area contributed by atoms with Crippen LogP contribution in [0.4, 0.5) is 5.95 Å². The molecule has 0 aliphatic carbocycles. The summed E-state index contributed by atoms with van der Waals surface area (Å²) in [6, 6.07) is 12.2. The highest BCUT2D eigenvalue weighted by atomic mass is 15.1. The maximum atomic E-state index is 5.71. The fourth-order valence-corrected chi connectivity index (χ4v) is 2.20. The first-order valence-electron chi connectivity index (χ1n) is 6.40. The van der Waals surface area contributed by atoms with Gasteiger partial charge in [-0.1, -0.05) is 30.3 Å². The Kier molecular flexibility index (Phi) is 3.16. The van der Waals surface area contributed by atoms with Crippen molar-refractivity contribution in [1.29, 1.82) is 0 Å². The first-order chi connectivity index (χ1) is 9.72. The predicted molar refractivity (Wildman–Crippen MR) is 78.0 cm³/mol. The molecule has 3 N–H and O–H groups in total. The molecule has 0 unspecified atom stereocenters. The van der Waals surface area contributed by atoms with E-state index in [1.54, 1.807) is 0 Å². The molecule has 0 spiro atoms. The fraction of sp³-hybridized carbons (Fsp3) is 0.133. The van der Waals surface area contributed by atoms with E-state index in [1.807, 2.05) is 37.4 Å². The summed E-state index contributed by atoms with van der Waals surface area (Å²) in [5.41, 5.74) is 10.5. The maximum Gasteiger partial charge on any atom is 0.220 e. The number of aromatic amines is 1. The van der Waals surface area contributed by atoms with Gasteiger partial charge in [-0.25, -0.2) is 9.97 Å². The van der Waals surface area contributed by atoms with Crippen LogP contribution in [0, 0.1) is 6.92 Å². The second-order valence-electron chi connectivity index (χ2n) is 4.69. The van der Waals surface area contributed by atoms with Gasteiger partial charge >= 0.3 is 0 Å². The molecule has 2 aromatic heterocycles. The minimum absolute atomic E-state index is 0.278. The average Bonchev–Trinajstić information content (AvgIpc) is 2.87. The Morgan fingerprint density at radius 3 is 2.70 bits per heavy atom. The molecular weight excluding hydrogens is 250 g/mol. The normalized spacial score (nSPS) is 10.7. The molecule has 0 fully saturated rings. The average molecular weight is 265 g/mol. The number of nitrogen functional groups attached to an aromatic ring is 1. The maximum absolute atomic E-state index is 5.71. The highest BCUT2D eigenvalue weighted by molar-refractivity contribution is 5.60. The quantitative estimate of drug-likeness (QED) is 0.761. The Morgan fingerprint density at radius 2 is 1.95 bits per heavy atom. The molecule has 5 heteroatoms. The van der Waals surface area contributed by atoms with Crippen molar-refractivity contribution in [3.63, 3.8) is 0 Å². The highest BCUT2D eigenvalue weighted by Gasteiger charge is 2.11. The lowest BCUT2D eigenvalue weighted by atomic mass is 10.0. The summed E-state index contributed by atoms with van der Waals surface area (Å²) in [4.78, 5) is 8.36. The molecule has 3 rings (SSSR count). The molecule has 100 valence electrons. The molecule has 1 aromatic carbocycles. The van der Waals surface area contributed by atoms with Crippen LogP contribution < -0.4 is 5.73 Å². The molecule has 0 aliphatic rings. The van der Waals surface area contributed by atoms with Crippen molar-refractivity contribution < 1.29 is 0 Å². The van der Waals surface area contributed by atoms with Gasteiger partial charge in [0.05, 0.1) is 17.6 Å². The highest BCUT2D eigenvalue weighted by Crippen LogP contribution is 2.22. The Morgan fingerprint density at radius 1 is 1.15 bits per heavy atom. The molecule has 0 bridgehead atoms. The molecule has 2 heterocycles. The van der Waals surface area contributed by atoms with Crippen LogP contribution in [0.2, 0.25) is 0 Å². The van der Waals surface area contributed by atoms with Crippen molar-refractivity contribution in [3.05, 3.63) is 59.4 Å². The fourth-order valence-electron chi connectivity index (χ4n) is 2.20. The Hall–Kier alpha value is -2.69. The van der Waals surface area contributed by atoms with Gasteiger partial charge in [-0.15, -0.1) is 0 Å². The first kappa shape index (κ1) is 12.3. The number of nitrogens with one attached hydrogen (secondary N) is 1. The third-order valence-corrected chi connectivity index (χ3v) is 3.08. The SMILES string of the molecule is Cc1cc(-c2[nH]ncc2Cc2ccccc2)nc(N)n1. The number of hydrogen-bond donors (Lipinski definition) is 2. The third kappa shape index (κ3) is 2.51. The number of benzene rings is 1. The summed E-state index contributed by atoms with van der Waals surface area (Å²) >= 11 is 0. The molecule has 0 saturated heterocycles. The molecule has 3 aromatic rings. The van der Waals surface area contributed by atoms with Crippen LogP contribution in [0.25, 0.3) is 11.4 Å². The second kappa shape index (κ2) is 5.13. The van der Waals surface area contributed by atoms with Crippen molar-refractivity contribution in [3.8, 4) is 11.4 Å².